The van der Waals surface area contributed by atoms with Crippen molar-refractivity contribution < 1.29 is 14.4 Å². The predicted molar refractivity (Wildman–Crippen MR) is 116 cm³/mol. The minimum absolute atomic E-state index is 0.229. The van der Waals surface area contributed by atoms with E-state index in [0.717, 1.165) is 16.9 Å². The highest BCUT2D eigenvalue weighted by Gasteiger charge is 2.14. The van der Waals surface area contributed by atoms with Crippen LogP contribution in [-0.2, 0) is 0 Å². The number of nitrogens with one attached hydrogen (secondary N) is 4. The number of hydrogen-bond donors (Lipinski definition) is 4. The second kappa shape index (κ2) is 9.03. The highest BCUT2D eigenvalue weighted by atomic mass is 32.1. The van der Waals surface area contributed by atoms with Gasteiger partial charge in [-0.25, -0.2) is 4.79 Å². The molecule has 1 aromatic heterocycles. The Bertz CT molecular complexity index is 1050. The molecule has 4 N–H and O–H groups in total. The van der Waals surface area contributed by atoms with Crippen molar-refractivity contribution in [2.45, 2.75) is 6.92 Å². The van der Waals surface area contributed by atoms with Crippen LogP contribution in [-0.4, -0.2) is 24.9 Å². The number of rotatable bonds is 5. The van der Waals surface area contributed by atoms with Crippen LogP contribution in [0.2, 0.25) is 0 Å². The molecule has 2 aromatic carbocycles. The molecule has 0 aliphatic heterocycles. The molecular weight excluding hydrogens is 388 g/mol. The molecule has 0 aliphatic carbocycles. The van der Waals surface area contributed by atoms with Gasteiger partial charge in [-0.3, -0.25) is 14.9 Å². The first-order chi connectivity index (χ1) is 14.0. The Hall–Kier alpha value is -3.65. The van der Waals surface area contributed by atoms with Gasteiger partial charge in [-0.15, -0.1) is 11.3 Å². The number of thiophene rings is 1. The lowest BCUT2D eigenvalue weighted by atomic mass is 10.1. The second-order valence-corrected chi connectivity index (χ2v) is 7.26. The Morgan fingerprint density at radius 3 is 2.31 bits per heavy atom. The molecule has 3 aromatic rings. The van der Waals surface area contributed by atoms with Gasteiger partial charge >= 0.3 is 6.03 Å². The third kappa shape index (κ3) is 5.20. The average Bonchev–Trinajstić information content (AvgIpc) is 3.18. The van der Waals surface area contributed by atoms with Gasteiger partial charge in [0.25, 0.3) is 11.8 Å². The first kappa shape index (κ1) is 20.1. The topological polar surface area (TPSA) is 99.3 Å². The maximum absolute atomic E-state index is 12.6. The van der Waals surface area contributed by atoms with E-state index < -0.39 is 0 Å². The molecule has 148 valence electrons. The summed E-state index contributed by atoms with van der Waals surface area (Å²) < 4.78 is 0. The Kier molecular flexibility index (Phi) is 6.25. The minimum atomic E-state index is -0.390. The van der Waals surface area contributed by atoms with Gasteiger partial charge in [0.15, 0.2) is 0 Å². The molecule has 0 aliphatic rings. The second-order valence-electron chi connectivity index (χ2n) is 6.17. The van der Waals surface area contributed by atoms with Crippen LogP contribution in [0.3, 0.4) is 0 Å². The molecular formula is C21H20N4O3S. The van der Waals surface area contributed by atoms with Crippen molar-refractivity contribution in [3.05, 3.63) is 76.7 Å². The Labute approximate surface area is 172 Å². The number of anilines is 3. The molecule has 0 spiro atoms. The lowest BCUT2D eigenvalue weighted by molar-refractivity contribution is 0.0961. The van der Waals surface area contributed by atoms with Crippen molar-refractivity contribution in [1.82, 2.24) is 5.32 Å². The van der Waals surface area contributed by atoms with Crippen LogP contribution in [0.1, 0.15) is 25.6 Å². The van der Waals surface area contributed by atoms with Crippen LogP contribution >= 0.6 is 11.3 Å². The molecule has 0 bridgehead atoms. The molecule has 0 radical (unpaired) electrons. The van der Waals surface area contributed by atoms with Crippen molar-refractivity contribution in [2.75, 3.05) is 23.0 Å². The zero-order valence-corrected chi connectivity index (χ0v) is 16.7. The van der Waals surface area contributed by atoms with Gasteiger partial charge in [0.05, 0.1) is 9.88 Å². The van der Waals surface area contributed by atoms with Crippen LogP contribution in [0.15, 0.2) is 60.7 Å². The molecule has 0 saturated carbocycles. The fourth-order valence-corrected chi connectivity index (χ4v) is 3.35. The van der Waals surface area contributed by atoms with Gasteiger partial charge in [0, 0.05) is 24.0 Å². The van der Waals surface area contributed by atoms with Gasteiger partial charge in [0.2, 0.25) is 0 Å². The van der Waals surface area contributed by atoms with Gasteiger partial charge < -0.3 is 16.0 Å². The SMILES string of the molecule is CNC(=O)c1ccc(C)c(NC(=O)c2ccc(NC(=O)Nc3ccccc3)s2)c1. The first-order valence-electron chi connectivity index (χ1n) is 8.83. The van der Waals surface area contributed by atoms with Crippen LogP contribution in [0, 0.1) is 6.92 Å². The normalized spacial score (nSPS) is 10.1. The van der Waals surface area contributed by atoms with Crippen LogP contribution < -0.4 is 21.3 Å². The van der Waals surface area contributed by atoms with E-state index in [9.17, 15) is 14.4 Å². The number of carbonyl (C=O) groups is 3. The maximum atomic E-state index is 12.6. The summed E-state index contributed by atoms with van der Waals surface area (Å²) in [5, 5.41) is 11.3. The van der Waals surface area contributed by atoms with Crippen molar-refractivity contribution in [1.29, 1.82) is 0 Å². The minimum Gasteiger partial charge on any atom is -0.355 e. The van der Waals surface area contributed by atoms with E-state index in [-0.39, 0.29) is 17.8 Å². The Morgan fingerprint density at radius 2 is 1.59 bits per heavy atom. The van der Waals surface area contributed by atoms with Crippen molar-refractivity contribution in [3.8, 4) is 0 Å². The largest absolute Gasteiger partial charge is 0.355 e. The summed E-state index contributed by atoms with van der Waals surface area (Å²) >= 11 is 1.16. The van der Waals surface area contributed by atoms with Crippen LogP contribution in [0.25, 0.3) is 0 Å². The van der Waals surface area contributed by atoms with E-state index in [2.05, 4.69) is 21.3 Å². The van der Waals surface area contributed by atoms with Gasteiger partial charge in [-0.05, 0) is 48.9 Å². The highest BCUT2D eigenvalue weighted by Crippen LogP contribution is 2.24. The monoisotopic (exact) mass is 408 g/mol. The molecule has 4 amide bonds. The number of urea groups is 1. The van der Waals surface area contributed by atoms with Crippen molar-refractivity contribution in [2.24, 2.45) is 0 Å². The molecule has 1 heterocycles. The molecule has 29 heavy (non-hydrogen) atoms. The van der Waals surface area contributed by atoms with E-state index >= 15 is 0 Å². The van der Waals surface area contributed by atoms with E-state index in [4.69, 9.17) is 0 Å². The van der Waals surface area contributed by atoms with Gasteiger partial charge in [0.1, 0.15) is 0 Å². The Morgan fingerprint density at radius 1 is 0.828 bits per heavy atom. The van der Waals surface area contributed by atoms with Crippen molar-refractivity contribution in [3.63, 3.8) is 0 Å². The lowest BCUT2D eigenvalue weighted by Gasteiger charge is -2.09. The number of benzene rings is 2. The summed E-state index contributed by atoms with van der Waals surface area (Å²) in [7, 11) is 1.55. The number of aryl methyl sites for hydroxylation is 1. The molecule has 0 unspecified atom stereocenters. The lowest BCUT2D eigenvalue weighted by Crippen LogP contribution is -2.19. The third-order valence-corrected chi connectivity index (χ3v) is 5.07. The van der Waals surface area contributed by atoms with E-state index in [1.165, 1.54) is 0 Å². The summed E-state index contributed by atoms with van der Waals surface area (Å²) in [6.07, 6.45) is 0. The molecule has 8 heteroatoms. The molecule has 0 saturated heterocycles. The maximum Gasteiger partial charge on any atom is 0.324 e. The Balaban J connectivity index is 1.65. The van der Waals surface area contributed by atoms with E-state index in [1.54, 1.807) is 49.5 Å². The zero-order valence-electron chi connectivity index (χ0n) is 15.9. The number of carbonyl (C=O) groups excluding carboxylic acids is 3. The number of hydrogen-bond acceptors (Lipinski definition) is 4. The smallest absolute Gasteiger partial charge is 0.324 e. The van der Waals surface area contributed by atoms with Gasteiger partial charge in [-0.1, -0.05) is 24.3 Å². The van der Waals surface area contributed by atoms with E-state index in [1.807, 2.05) is 25.1 Å². The first-order valence-corrected chi connectivity index (χ1v) is 9.65. The van der Waals surface area contributed by atoms with Crippen LogP contribution in [0.5, 0.6) is 0 Å². The fourth-order valence-electron chi connectivity index (χ4n) is 2.55. The molecule has 0 fully saturated rings. The highest BCUT2D eigenvalue weighted by molar-refractivity contribution is 7.18. The summed E-state index contributed by atoms with van der Waals surface area (Å²) in [6, 6.07) is 17.1. The van der Waals surface area contributed by atoms with Gasteiger partial charge in [-0.2, -0.15) is 0 Å². The van der Waals surface area contributed by atoms with Crippen LogP contribution in [0.4, 0.5) is 21.2 Å². The molecule has 0 atom stereocenters. The quantitative estimate of drug-likeness (QED) is 0.506. The summed E-state index contributed by atoms with van der Waals surface area (Å²) in [5.41, 5.74) is 2.52. The third-order valence-electron chi connectivity index (χ3n) is 4.07. The van der Waals surface area contributed by atoms with Crippen molar-refractivity contribution >= 4 is 45.6 Å². The number of amides is 4. The summed E-state index contributed by atoms with van der Waals surface area (Å²) in [4.78, 5) is 36.9. The fraction of sp³-hybridized carbons (Fsp3) is 0.0952. The standard InChI is InChI=1S/C21H20N4O3S/c1-13-8-9-14(19(26)22-2)12-16(13)24-20(27)17-10-11-18(29-17)25-21(28)23-15-6-4-3-5-7-15/h3-12H,1-2H3,(H,22,26)(H,24,27)(H2,23,25,28). The predicted octanol–water partition coefficient (Wildman–Crippen LogP) is 4.31. The summed E-state index contributed by atoms with van der Waals surface area (Å²) in [5.74, 6) is -0.545. The number of para-hydroxylation sites is 1. The average molecular weight is 408 g/mol. The summed E-state index contributed by atoms with van der Waals surface area (Å²) in [6.45, 7) is 1.85. The van der Waals surface area contributed by atoms with E-state index in [0.29, 0.717) is 26.8 Å². The molecule has 7 nitrogen and oxygen atoms in total. The zero-order chi connectivity index (χ0) is 20.8. The molecule has 3 rings (SSSR count).